The number of likely N-dealkylation sites (N-methyl/N-ethyl adjacent to an activating group) is 1. The first-order valence-corrected chi connectivity index (χ1v) is 22.9. The van der Waals surface area contributed by atoms with Crippen molar-refractivity contribution in [3.05, 3.63) is 85.1 Å². The average molecular weight is 821 g/mol. The van der Waals surface area contributed by atoms with Crippen molar-refractivity contribution in [2.75, 3.05) is 47.5 Å². The highest BCUT2D eigenvalue weighted by atomic mass is 31.2. The number of unbranched alkanes of at least 4 members (excludes halogenated alkanes) is 8. The van der Waals surface area contributed by atoms with Crippen LogP contribution in [0.1, 0.15) is 136 Å². The molecule has 11 heteroatoms. The summed E-state index contributed by atoms with van der Waals surface area (Å²) < 4.78 is 34.0. The Labute approximate surface area is 346 Å². The van der Waals surface area contributed by atoms with E-state index >= 15 is 0 Å². The number of phosphoric ester groups is 1. The summed E-state index contributed by atoms with van der Waals surface area (Å²) in [5.41, 5.74) is 0. The lowest BCUT2D eigenvalue weighted by Gasteiger charge is -2.24. The molecule has 0 bridgehead atoms. The van der Waals surface area contributed by atoms with Crippen molar-refractivity contribution in [1.29, 1.82) is 0 Å². The van der Waals surface area contributed by atoms with Crippen molar-refractivity contribution in [2.45, 2.75) is 148 Å². The number of carbonyl (C=O) groups is 2. The van der Waals surface area contributed by atoms with Gasteiger partial charge < -0.3 is 24.0 Å². The fourth-order valence-electron chi connectivity index (χ4n) is 5.06. The topological polar surface area (TPSA) is 129 Å². The summed E-state index contributed by atoms with van der Waals surface area (Å²) in [5.74, 6) is -1.06. The molecule has 0 fully saturated rings. The van der Waals surface area contributed by atoms with E-state index < -0.39 is 38.6 Å². The molecule has 3 atom stereocenters. The van der Waals surface area contributed by atoms with Gasteiger partial charge in [-0.2, -0.15) is 0 Å². The molecule has 0 aromatic heterocycles. The van der Waals surface area contributed by atoms with Gasteiger partial charge in [-0.1, -0.05) is 125 Å². The molecule has 0 spiro atoms. The van der Waals surface area contributed by atoms with Gasteiger partial charge in [0.05, 0.1) is 33.9 Å². The minimum absolute atomic E-state index is 0.00990. The number of nitrogens with zero attached hydrogens (tertiary/aromatic N) is 1. The Morgan fingerprint density at radius 3 is 1.68 bits per heavy atom. The normalized spacial score (nSPS) is 15.0. The number of hydrogen-bond donors (Lipinski definition) is 2. The molecule has 0 amide bonds. The maximum absolute atomic E-state index is 12.7. The van der Waals surface area contributed by atoms with E-state index in [0.29, 0.717) is 30.3 Å². The zero-order valence-corrected chi connectivity index (χ0v) is 37.0. The van der Waals surface area contributed by atoms with Crippen LogP contribution in [0.2, 0.25) is 0 Å². The average Bonchev–Trinajstić information content (AvgIpc) is 3.15. The molecule has 0 aromatic carbocycles. The lowest BCUT2D eigenvalue weighted by molar-refractivity contribution is -0.870. The number of aliphatic hydroxyl groups is 1. The molecule has 0 saturated carbocycles. The first kappa shape index (κ1) is 54.2. The van der Waals surface area contributed by atoms with Crippen LogP contribution < -0.4 is 0 Å². The van der Waals surface area contributed by atoms with Gasteiger partial charge in [-0.15, -0.1) is 0 Å². The summed E-state index contributed by atoms with van der Waals surface area (Å²) in [6.07, 6.45) is 43.8. The van der Waals surface area contributed by atoms with E-state index in [-0.39, 0.29) is 26.1 Å². The third kappa shape index (κ3) is 41.1. The molecule has 0 radical (unpaired) electrons. The van der Waals surface area contributed by atoms with E-state index in [4.69, 9.17) is 18.5 Å². The van der Waals surface area contributed by atoms with Gasteiger partial charge in [-0.05, 0) is 83.5 Å². The minimum Gasteiger partial charge on any atom is -0.462 e. The van der Waals surface area contributed by atoms with Crippen molar-refractivity contribution in [1.82, 2.24) is 0 Å². The maximum Gasteiger partial charge on any atom is 0.472 e. The van der Waals surface area contributed by atoms with E-state index in [1.54, 1.807) is 12.2 Å². The summed E-state index contributed by atoms with van der Waals surface area (Å²) in [6, 6.07) is 0. The standard InChI is InChI=1S/C46H78NO9P/c1-6-8-10-12-14-16-18-20-21-23-25-27-29-31-33-37-46(50)56-44(42-55-57(51,52)54-40-39-47(3,4)5)41-53-45(49)38-34-36-43(48)35-32-30-28-26-24-22-19-17-15-13-11-9-7-2/h14-17,20-22,24-25,27-28,30,32,35,43-44,48H,6-13,18-19,23,26,29,31,33-34,36-42H2,1-5H3/p+1/b16-14-,17-15-,21-20-,24-22-,27-25-,30-28-,35-32+/t43-,44-/m1/s1. The van der Waals surface area contributed by atoms with Gasteiger partial charge >= 0.3 is 19.8 Å². The van der Waals surface area contributed by atoms with Crippen LogP contribution in [0.3, 0.4) is 0 Å². The van der Waals surface area contributed by atoms with Gasteiger partial charge in [0.15, 0.2) is 6.10 Å². The molecular formula is C46H79NO9P+. The highest BCUT2D eigenvalue weighted by molar-refractivity contribution is 7.47. The first-order chi connectivity index (χ1) is 27.4. The zero-order chi connectivity index (χ0) is 42.3. The van der Waals surface area contributed by atoms with Gasteiger partial charge in [0.2, 0.25) is 0 Å². The molecule has 0 heterocycles. The number of phosphoric acid groups is 1. The highest BCUT2D eigenvalue weighted by Gasteiger charge is 2.27. The Balaban J connectivity index is 4.66. The molecule has 57 heavy (non-hydrogen) atoms. The lowest BCUT2D eigenvalue weighted by atomic mass is 10.1. The van der Waals surface area contributed by atoms with Crippen LogP contribution in [-0.4, -0.2) is 86.1 Å². The Morgan fingerprint density at radius 1 is 0.632 bits per heavy atom. The number of ether oxygens (including phenoxy) is 2. The predicted octanol–water partition coefficient (Wildman–Crippen LogP) is 11.0. The van der Waals surface area contributed by atoms with Crippen LogP contribution >= 0.6 is 7.82 Å². The summed E-state index contributed by atoms with van der Waals surface area (Å²) in [7, 11) is 1.33. The second-order valence-electron chi connectivity index (χ2n) is 15.2. The van der Waals surface area contributed by atoms with E-state index in [9.17, 15) is 24.2 Å². The minimum atomic E-state index is -4.43. The van der Waals surface area contributed by atoms with Crippen LogP contribution in [0.25, 0.3) is 0 Å². The van der Waals surface area contributed by atoms with Crippen molar-refractivity contribution < 1.29 is 47.2 Å². The van der Waals surface area contributed by atoms with Crippen LogP contribution in [0.5, 0.6) is 0 Å². The van der Waals surface area contributed by atoms with E-state index in [1.807, 2.05) is 33.3 Å². The molecule has 10 nitrogen and oxygen atoms in total. The summed E-state index contributed by atoms with van der Waals surface area (Å²) in [6.45, 7) is 4.06. The Morgan fingerprint density at radius 2 is 1.14 bits per heavy atom. The quantitative estimate of drug-likeness (QED) is 0.0157. The molecule has 0 saturated heterocycles. The molecule has 1 unspecified atom stereocenters. The van der Waals surface area contributed by atoms with Crippen molar-refractivity contribution in [3.8, 4) is 0 Å². The predicted molar refractivity (Wildman–Crippen MR) is 235 cm³/mol. The lowest BCUT2D eigenvalue weighted by Crippen LogP contribution is -2.37. The molecular weight excluding hydrogens is 741 g/mol. The number of esters is 2. The summed E-state index contributed by atoms with van der Waals surface area (Å²) in [5, 5.41) is 10.3. The number of carbonyl (C=O) groups excluding carboxylic acids is 2. The third-order valence-electron chi connectivity index (χ3n) is 8.50. The molecule has 0 aliphatic carbocycles. The van der Waals surface area contributed by atoms with Gasteiger partial charge in [0, 0.05) is 12.8 Å². The van der Waals surface area contributed by atoms with E-state index in [0.717, 1.165) is 51.4 Å². The van der Waals surface area contributed by atoms with Crippen molar-refractivity contribution >= 4 is 19.8 Å². The zero-order valence-electron chi connectivity index (χ0n) is 36.1. The number of quaternary nitrogens is 1. The Hall–Kier alpha value is -2.85. The Bertz CT molecular complexity index is 1260. The molecule has 326 valence electrons. The van der Waals surface area contributed by atoms with Gasteiger partial charge in [0.25, 0.3) is 0 Å². The smallest absolute Gasteiger partial charge is 0.462 e. The van der Waals surface area contributed by atoms with E-state index in [2.05, 4.69) is 74.6 Å². The second-order valence-corrected chi connectivity index (χ2v) is 16.7. The fraction of sp³-hybridized carbons (Fsp3) is 0.652. The molecule has 0 aromatic rings. The third-order valence-corrected chi connectivity index (χ3v) is 9.49. The summed E-state index contributed by atoms with van der Waals surface area (Å²) >= 11 is 0. The van der Waals surface area contributed by atoms with Crippen LogP contribution in [-0.2, 0) is 32.7 Å². The van der Waals surface area contributed by atoms with Gasteiger partial charge in [-0.3, -0.25) is 18.6 Å². The molecule has 2 N–H and O–H groups in total. The maximum atomic E-state index is 12.7. The SMILES string of the molecule is CCCCC/C=C\C/C=C\C/C=C\C=C\[C@@H](O)CCCC(=O)OC[C@H](COP(=O)(O)OCC[N+](C)(C)C)OC(=O)CCCC/C=C\C/C=C\C/C=C\CCCCC. The molecule has 0 rings (SSSR count). The van der Waals surface area contributed by atoms with Crippen LogP contribution in [0, 0.1) is 0 Å². The first-order valence-electron chi connectivity index (χ1n) is 21.4. The fourth-order valence-corrected chi connectivity index (χ4v) is 5.80. The molecule has 0 aliphatic rings. The van der Waals surface area contributed by atoms with Crippen LogP contribution in [0.4, 0.5) is 0 Å². The van der Waals surface area contributed by atoms with Crippen LogP contribution in [0.15, 0.2) is 85.1 Å². The van der Waals surface area contributed by atoms with Crippen molar-refractivity contribution in [2.24, 2.45) is 0 Å². The van der Waals surface area contributed by atoms with E-state index in [1.165, 1.54) is 38.5 Å². The Kier molecular flexibility index (Phi) is 35.6. The highest BCUT2D eigenvalue weighted by Crippen LogP contribution is 2.43. The number of rotatable bonds is 37. The number of aliphatic hydroxyl groups excluding tert-OH is 1. The summed E-state index contributed by atoms with van der Waals surface area (Å²) in [4.78, 5) is 35.3. The monoisotopic (exact) mass is 821 g/mol. The van der Waals surface area contributed by atoms with Gasteiger partial charge in [-0.25, -0.2) is 4.57 Å². The largest absolute Gasteiger partial charge is 0.472 e. The molecule has 0 aliphatic heterocycles. The number of allylic oxidation sites excluding steroid dienone is 13. The second kappa shape index (κ2) is 37.4. The number of hydrogen-bond acceptors (Lipinski definition) is 8. The van der Waals surface area contributed by atoms with Crippen molar-refractivity contribution in [3.63, 3.8) is 0 Å². The van der Waals surface area contributed by atoms with Gasteiger partial charge in [0.1, 0.15) is 19.8 Å².